The van der Waals surface area contributed by atoms with Gasteiger partial charge in [0.25, 0.3) is 5.91 Å². The summed E-state index contributed by atoms with van der Waals surface area (Å²) >= 11 is 1.37. The second-order valence-corrected chi connectivity index (χ2v) is 8.96. The molecule has 0 spiro atoms. The molecule has 0 fully saturated rings. The number of hydrogen-bond donors (Lipinski definition) is 1. The number of amides is 1. The first kappa shape index (κ1) is 21.9. The van der Waals surface area contributed by atoms with Crippen molar-refractivity contribution >= 4 is 33.3 Å². The zero-order chi connectivity index (χ0) is 23.5. The molecule has 0 saturated carbocycles. The van der Waals surface area contributed by atoms with Crippen molar-refractivity contribution < 1.29 is 18.3 Å². The maximum Gasteiger partial charge on any atom is 0.293 e. The van der Waals surface area contributed by atoms with Crippen LogP contribution in [-0.2, 0) is 13.0 Å². The second kappa shape index (κ2) is 9.49. The molecule has 7 heteroatoms. The number of anilines is 1. The molecule has 0 aliphatic carbocycles. The third kappa shape index (κ3) is 4.70. The summed E-state index contributed by atoms with van der Waals surface area (Å²) in [4.78, 5) is 18.4. The fourth-order valence-electron chi connectivity index (χ4n) is 3.70. The van der Waals surface area contributed by atoms with Crippen LogP contribution in [0.1, 0.15) is 32.1 Å². The van der Waals surface area contributed by atoms with E-state index in [1.54, 1.807) is 18.3 Å². The number of fused-ring (bicyclic) bond motifs is 1. The van der Waals surface area contributed by atoms with Gasteiger partial charge in [0.05, 0.1) is 0 Å². The van der Waals surface area contributed by atoms with Crippen LogP contribution in [0.2, 0.25) is 0 Å². The van der Waals surface area contributed by atoms with Crippen LogP contribution in [0.3, 0.4) is 0 Å². The number of ether oxygens (including phenoxy) is 1. The van der Waals surface area contributed by atoms with Crippen molar-refractivity contribution in [3.63, 3.8) is 0 Å². The first-order chi connectivity index (χ1) is 16.6. The number of thiazole rings is 1. The molecule has 2 aromatic heterocycles. The van der Waals surface area contributed by atoms with Gasteiger partial charge < -0.3 is 9.15 Å². The van der Waals surface area contributed by atoms with Gasteiger partial charge in [-0.1, -0.05) is 48.5 Å². The van der Waals surface area contributed by atoms with E-state index in [0.29, 0.717) is 22.7 Å². The number of nitrogens with one attached hydrogen (secondary N) is 1. The Bertz CT molecular complexity index is 1460. The van der Waals surface area contributed by atoms with Crippen molar-refractivity contribution in [1.29, 1.82) is 0 Å². The third-order valence-electron chi connectivity index (χ3n) is 5.44. The minimum atomic E-state index is -0.387. The van der Waals surface area contributed by atoms with E-state index in [-0.39, 0.29) is 24.1 Å². The standard InChI is InChI=1S/C27H21FN2O3S/c1-17-6-2-4-8-23(17)32-16-22-21-7-3-5-9-24(21)33-25(22)26(31)30-27-29-15-20(34-27)14-18-10-12-19(28)13-11-18/h2-13,15H,14,16H2,1H3,(H,29,30,31). The normalized spacial score (nSPS) is 11.0. The molecule has 5 nitrogen and oxygen atoms in total. The maximum absolute atomic E-state index is 13.2. The molecule has 0 aliphatic heterocycles. The van der Waals surface area contributed by atoms with Gasteiger partial charge >= 0.3 is 0 Å². The number of nitrogens with zero attached hydrogens (tertiary/aromatic N) is 1. The molecule has 34 heavy (non-hydrogen) atoms. The molecule has 5 aromatic rings. The van der Waals surface area contributed by atoms with Gasteiger partial charge in [0.15, 0.2) is 10.9 Å². The number of aryl methyl sites for hydroxylation is 1. The van der Waals surface area contributed by atoms with Crippen LogP contribution in [0.15, 0.2) is 83.4 Å². The Labute approximate surface area is 199 Å². The maximum atomic E-state index is 13.2. The van der Waals surface area contributed by atoms with Crippen molar-refractivity contribution in [2.45, 2.75) is 20.0 Å². The first-order valence-electron chi connectivity index (χ1n) is 10.8. The predicted octanol–water partition coefficient (Wildman–Crippen LogP) is 6.76. The summed E-state index contributed by atoms with van der Waals surface area (Å²) in [6.45, 7) is 2.17. The van der Waals surface area contributed by atoms with Crippen LogP contribution in [0.5, 0.6) is 5.75 Å². The van der Waals surface area contributed by atoms with E-state index in [0.717, 1.165) is 27.1 Å². The summed E-state index contributed by atoms with van der Waals surface area (Å²) in [7, 11) is 0. The number of hydrogen-bond acceptors (Lipinski definition) is 5. The quantitative estimate of drug-likeness (QED) is 0.284. The first-order valence-corrected chi connectivity index (χ1v) is 11.6. The van der Waals surface area contributed by atoms with Gasteiger partial charge in [0, 0.05) is 28.4 Å². The van der Waals surface area contributed by atoms with E-state index in [1.807, 2.05) is 55.5 Å². The van der Waals surface area contributed by atoms with Crippen LogP contribution < -0.4 is 10.1 Å². The monoisotopic (exact) mass is 472 g/mol. The Morgan fingerprint density at radius 2 is 1.82 bits per heavy atom. The molecule has 0 aliphatic rings. The van der Waals surface area contributed by atoms with Gasteiger partial charge in [-0.25, -0.2) is 9.37 Å². The molecule has 3 aromatic carbocycles. The van der Waals surface area contributed by atoms with Crippen LogP contribution in [0, 0.1) is 12.7 Å². The molecule has 0 atom stereocenters. The van der Waals surface area contributed by atoms with Crippen molar-refractivity contribution in [2.75, 3.05) is 5.32 Å². The highest BCUT2D eigenvalue weighted by atomic mass is 32.1. The van der Waals surface area contributed by atoms with Crippen LogP contribution in [0.25, 0.3) is 11.0 Å². The predicted molar refractivity (Wildman–Crippen MR) is 131 cm³/mol. The highest BCUT2D eigenvalue weighted by Gasteiger charge is 2.22. The Morgan fingerprint density at radius 1 is 1.06 bits per heavy atom. The van der Waals surface area contributed by atoms with Gasteiger partial charge in [-0.2, -0.15) is 0 Å². The molecule has 2 heterocycles. The summed E-state index contributed by atoms with van der Waals surface area (Å²) in [6, 6.07) is 21.6. The van der Waals surface area contributed by atoms with Crippen LogP contribution in [-0.4, -0.2) is 10.9 Å². The Balaban J connectivity index is 1.36. The Morgan fingerprint density at radius 3 is 2.65 bits per heavy atom. The van der Waals surface area contributed by atoms with E-state index < -0.39 is 0 Å². The van der Waals surface area contributed by atoms with Gasteiger partial charge in [0.2, 0.25) is 0 Å². The zero-order valence-electron chi connectivity index (χ0n) is 18.4. The lowest BCUT2D eigenvalue weighted by molar-refractivity contribution is 0.0995. The number of aromatic nitrogens is 1. The zero-order valence-corrected chi connectivity index (χ0v) is 19.2. The summed E-state index contributed by atoms with van der Waals surface area (Å²) in [6.07, 6.45) is 2.32. The summed E-state index contributed by atoms with van der Waals surface area (Å²) in [5, 5.41) is 4.14. The van der Waals surface area contributed by atoms with Crippen LogP contribution in [0.4, 0.5) is 9.52 Å². The highest BCUT2D eigenvalue weighted by molar-refractivity contribution is 7.15. The van der Waals surface area contributed by atoms with Gasteiger partial charge in [-0.05, 0) is 42.3 Å². The molecule has 1 amide bonds. The van der Waals surface area contributed by atoms with E-state index in [2.05, 4.69) is 10.3 Å². The average molecular weight is 473 g/mol. The largest absolute Gasteiger partial charge is 0.488 e. The fourth-order valence-corrected chi connectivity index (χ4v) is 4.54. The number of rotatable bonds is 7. The van der Waals surface area contributed by atoms with Gasteiger partial charge in [-0.15, -0.1) is 11.3 Å². The number of benzene rings is 3. The van der Waals surface area contributed by atoms with Crippen molar-refractivity contribution in [1.82, 2.24) is 4.98 Å². The third-order valence-corrected chi connectivity index (χ3v) is 6.35. The number of carbonyl (C=O) groups excluding carboxylic acids is 1. The molecule has 5 rings (SSSR count). The molecule has 0 unspecified atom stereocenters. The van der Waals surface area contributed by atoms with E-state index in [1.165, 1.54) is 23.5 Å². The number of carbonyl (C=O) groups is 1. The highest BCUT2D eigenvalue weighted by Crippen LogP contribution is 2.29. The second-order valence-electron chi connectivity index (χ2n) is 7.85. The number of furan rings is 1. The van der Waals surface area contributed by atoms with Crippen LogP contribution >= 0.6 is 11.3 Å². The van der Waals surface area contributed by atoms with E-state index in [9.17, 15) is 9.18 Å². The van der Waals surface area contributed by atoms with Gasteiger partial charge in [0.1, 0.15) is 23.8 Å². The fraction of sp³-hybridized carbons (Fsp3) is 0.111. The Kier molecular flexibility index (Phi) is 6.10. The van der Waals surface area contributed by atoms with E-state index >= 15 is 0 Å². The molecule has 170 valence electrons. The van der Waals surface area contributed by atoms with Crippen molar-refractivity contribution in [3.8, 4) is 5.75 Å². The topological polar surface area (TPSA) is 64.4 Å². The average Bonchev–Trinajstić information content (AvgIpc) is 3.44. The lowest BCUT2D eigenvalue weighted by atomic mass is 10.1. The molecule has 0 bridgehead atoms. The number of para-hydroxylation sites is 2. The Hall–Kier alpha value is -3.97. The van der Waals surface area contributed by atoms with Crippen molar-refractivity contribution in [3.05, 3.63) is 112 Å². The number of halogens is 1. The molecular weight excluding hydrogens is 451 g/mol. The lowest BCUT2D eigenvalue weighted by Gasteiger charge is -2.09. The SMILES string of the molecule is Cc1ccccc1OCc1c(C(=O)Nc2ncc(Cc3ccc(F)cc3)s2)oc2ccccc12. The summed E-state index contributed by atoms with van der Waals surface area (Å²) in [5.74, 6) is 0.297. The molecule has 0 saturated heterocycles. The summed E-state index contributed by atoms with van der Waals surface area (Å²) < 4.78 is 25.1. The lowest BCUT2D eigenvalue weighted by Crippen LogP contribution is -2.13. The smallest absolute Gasteiger partial charge is 0.293 e. The molecule has 0 radical (unpaired) electrons. The summed E-state index contributed by atoms with van der Waals surface area (Å²) in [5.41, 5.74) is 3.28. The van der Waals surface area contributed by atoms with Crippen molar-refractivity contribution in [2.24, 2.45) is 0 Å². The van der Waals surface area contributed by atoms with Gasteiger partial charge in [-0.3, -0.25) is 10.1 Å². The van der Waals surface area contributed by atoms with E-state index in [4.69, 9.17) is 9.15 Å². The minimum absolute atomic E-state index is 0.193. The molecular formula is C27H21FN2O3S. The minimum Gasteiger partial charge on any atom is -0.488 e. The molecule has 1 N–H and O–H groups in total.